The number of carbonyl (C=O) groups is 2. The third kappa shape index (κ3) is 6.24. The SMILES string of the molecule is CC1CCN(C(=O)c2cc(NC(=O)c3ccc(F)cc3)ccc2N2CCC(Cc3ccccc3)CC2)CC1. The molecule has 38 heavy (non-hydrogen) atoms. The van der Waals surface area contributed by atoms with Crippen molar-refractivity contribution in [3.63, 3.8) is 0 Å². The van der Waals surface area contributed by atoms with E-state index in [0.717, 1.165) is 64.0 Å². The lowest BCUT2D eigenvalue weighted by atomic mass is 9.89. The Morgan fingerprint density at radius 1 is 0.868 bits per heavy atom. The van der Waals surface area contributed by atoms with Crippen LogP contribution in [0.2, 0.25) is 0 Å². The maximum absolute atomic E-state index is 13.8. The molecular formula is C32H36FN3O2. The zero-order chi connectivity index (χ0) is 26.5. The molecule has 2 amide bonds. The van der Waals surface area contributed by atoms with Crippen LogP contribution in [0.1, 0.15) is 58.9 Å². The fraction of sp³-hybridized carbons (Fsp3) is 0.375. The first-order chi connectivity index (χ1) is 18.5. The molecule has 198 valence electrons. The lowest BCUT2D eigenvalue weighted by Gasteiger charge is -2.36. The average Bonchev–Trinajstić information content (AvgIpc) is 2.94. The van der Waals surface area contributed by atoms with E-state index in [1.165, 1.54) is 29.8 Å². The fourth-order valence-corrected chi connectivity index (χ4v) is 5.57. The Morgan fingerprint density at radius 3 is 2.24 bits per heavy atom. The van der Waals surface area contributed by atoms with Crippen LogP contribution in [0.25, 0.3) is 0 Å². The quantitative estimate of drug-likeness (QED) is 0.414. The van der Waals surface area contributed by atoms with Crippen molar-refractivity contribution in [2.24, 2.45) is 11.8 Å². The number of benzene rings is 3. The zero-order valence-electron chi connectivity index (χ0n) is 22.0. The van der Waals surface area contributed by atoms with E-state index < -0.39 is 0 Å². The van der Waals surface area contributed by atoms with Gasteiger partial charge in [0.2, 0.25) is 0 Å². The molecular weight excluding hydrogens is 477 g/mol. The molecule has 0 aromatic heterocycles. The van der Waals surface area contributed by atoms with Crippen LogP contribution >= 0.6 is 0 Å². The monoisotopic (exact) mass is 513 g/mol. The van der Waals surface area contributed by atoms with E-state index in [2.05, 4.69) is 47.5 Å². The normalized spacial score (nSPS) is 16.9. The molecule has 2 fully saturated rings. The minimum Gasteiger partial charge on any atom is -0.371 e. The maximum atomic E-state index is 13.8. The van der Waals surface area contributed by atoms with Crippen LogP contribution < -0.4 is 10.2 Å². The van der Waals surface area contributed by atoms with Crippen LogP contribution in [0.15, 0.2) is 72.8 Å². The number of likely N-dealkylation sites (tertiary alicyclic amines) is 1. The molecule has 0 unspecified atom stereocenters. The van der Waals surface area contributed by atoms with Crippen LogP contribution in [0, 0.1) is 17.7 Å². The average molecular weight is 514 g/mol. The molecule has 0 bridgehead atoms. The Hall–Kier alpha value is -3.67. The number of nitrogens with one attached hydrogen (secondary N) is 1. The molecule has 0 spiro atoms. The molecule has 2 saturated heterocycles. The van der Waals surface area contributed by atoms with Gasteiger partial charge in [-0.1, -0.05) is 37.3 Å². The van der Waals surface area contributed by atoms with Gasteiger partial charge in [-0.05, 0) is 92.0 Å². The first-order valence-corrected chi connectivity index (χ1v) is 13.8. The molecule has 2 aliphatic rings. The molecule has 1 N–H and O–H groups in total. The summed E-state index contributed by atoms with van der Waals surface area (Å²) in [5.74, 6) is 0.567. The van der Waals surface area contributed by atoms with Crippen molar-refractivity contribution in [1.82, 2.24) is 4.90 Å². The molecule has 2 aliphatic heterocycles. The molecule has 3 aromatic carbocycles. The van der Waals surface area contributed by atoms with Gasteiger partial charge in [0.1, 0.15) is 5.82 Å². The van der Waals surface area contributed by atoms with E-state index in [4.69, 9.17) is 0 Å². The summed E-state index contributed by atoms with van der Waals surface area (Å²) in [6, 6.07) is 21.7. The predicted molar refractivity (Wildman–Crippen MR) is 150 cm³/mol. The summed E-state index contributed by atoms with van der Waals surface area (Å²) >= 11 is 0. The van der Waals surface area contributed by atoms with E-state index in [1.54, 1.807) is 0 Å². The number of nitrogens with zero attached hydrogens (tertiary/aromatic N) is 2. The van der Waals surface area contributed by atoms with E-state index in [9.17, 15) is 14.0 Å². The summed E-state index contributed by atoms with van der Waals surface area (Å²) in [5.41, 5.74) is 3.89. The van der Waals surface area contributed by atoms with Crippen LogP contribution in [-0.2, 0) is 6.42 Å². The van der Waals surface area contributed by atoms with Crippen molar-refractivity contribution < 1.29 is 14.0 Å². The number of rotatable bonds is 6. The summed E-state index contributed by atoms with van der Waals surface area (Å²) in [7, 11) is 0. The Kier molecular flexibility index (Phi) is 8.06. The third-order valence-corrected chi connectivity index (χ3v) is 7.98. The van der Waals surface area contributed by atoms with Gasteiger partial charge in [0, 0.05) is 43.1 Å². The van der Waals surface area contributed by atoms with E-state index in [-0.39, 0.29) is 17.6 Å². The molecule has 0 radical (unpaired) electrons. The van der Waals surface area contributed by atoms with Crippen LogP contribution in [-0.4, -0.2) is 42.9 Å². The zero-order valence-corrected chi connectivity index (χ0v) is 22.0. The molecule has 0 atom stereocenters. The van der Waals surface area contributed by atoms with E-state index >= 15 is 0 Å². The molecule has 5 rings (SSSR count). The van der Waals surface area contributed by atoms with Crippen molar-refractivity contribution in [2.45, 2.75) is 39.0 Å². The molecule has 6 heteroatoms. The lowest BCUT2D eigenvalue weighted by molar-refractivity contribution is 0.0697. The van der Waals surface area contributed by atoms with Crippen molar-refractivity contribution in [2.75, 3.05) is 36.4 Å². The van der Waals surface area contributed by atoms with Crippen LogP contribution in [0.3, 0.4) is 0 Å². The van der Waals surface area contributed by atoms with Gasteiger partial charge in [0.05, 0.1) is 5.56 Å². The molecule has 5 nitrogen and oxygen atoms in total. The Morgan fingerprint density at radius 2 is 1.55 bits per heavy atom. The van der Waals surface area contributed by atoms with E-state index in [1.807, 2.05) is 23.1 Å². The molecule has 3 aromatic rings. The third-order valence-electron chi connectivity index (χ3n) is 7.98. The smallest absolute Gasteiger partial charge is 0.256 e. The van der Waals surface area contributed by atoms with Crippen molar-refractivity contribution in [3.05, 3.63) is 95.3 Å². The number of hydrogen-bond donors (Lipinski definition) is 1. The van der Waals surface area contributed by atoms with Crippen molar-refractivity contribution >= 4 is 23.2 Å². The lowest BCUT2D eigenvalue weighted by Crippen LogP contribution is -2.40. The standard InChI is InChI=1S/C32H36FN3O2/c1-23-13-17-36(18-14-23)32(38)29-22-28(34-31(37)26-7-9-27(33)10-8-26)11-12-30(29)35-19-15-25(16-20-35)21-24-5-3-2-4-6-24/h2-12,22-23,25H,13-21H2,1H3,(H,34,37). The second-order valence-electron chi connectivity index (χ2n) is 10.8. The number of piperidine rings is 2. The fourth-order valence-electron chi connectivity index (χ4n) is 5.57. The van der Waals surface area contributed by atoms with Gasteiger partial charge in [-0.15, -0.1) is 0 Å². The number of hydrogen-bond acceptors (Lipinski definition) is 3. The summed E-state index contributed by atoms with van der Waals surface area (Å²) in [6.45, 7) is 5.54. The van der Waals surface area contributed by atoms with Gasteiger partial charge >= 0.3 is 0 Å². The number of amides is 2. The minimum absolute atomic E-state index is 0.0243. The summed E-state index contributed by atoms with van der Waals surface area (Å²) < 4.78 is 13.3. The van der Waals surface area contributed by atoms with Gasteiger partial charge in [-0.3, -0.25) is 9.59 Å². The highest BCUT2D eigenvalue weighted by Crippen LogP contribution is 2.32. The van der Waals surface area contributed by atoms with Crippen LogP contribution in [0.5, 0.6) is 0 Å². The van der Waals surface area contributed by atoms with Gasteiger partial charge < -0.3 is 15.1 Å². The second kappa shape index (κ2) is 11.8. The van der Waals surface area contributed by atoms with Crippen molar-refractivity contribution in [1.29, 1.82) is 0 Å². The summed E-state index contributed by atoms with van der Waals surface area (Å²) in [4.78, 5) is 30.8. The first-order valence-electron chi connectivity index (χ1n) is 13.8. The highest BCUT2D eigenvalue weighted by Gasteiger charge is 2.27. The van der Waals surface area contributed by atoms with Gasteiger partial charge in [0.15, 0.2) is 0 Å². The van der Waals surface area contributed by atoms with Gasteiger partial charge in [-0.2, -0.15) is 0 Å². The number of carbonyl (C=O) groups excluding carboxylic acids is 2. The Bertz CT molecular complexity index is 1250. The van der Waals surface area contributed by atoms with Crippen LogP contribution in [0.4, 0.5) is 15.8 Å². The highest BCUT2D eigenvalue weighted by molar-refractivity contribution is 6.06. The first kappa shape index (κ1) is 26.0. The minimum atomic E-state index is -0.387. The molecule has 0 saturated carbocycles. The predicted octanol–water partition coefficient (Wildman–Crippen LogP) is 6.41. The number of anilines is 2. The topological polar surface area (TPSA) is 52.7 Å². The summed E-state index contributed by atoms with van der Waals surface area (Å²) in [5, 5.41) is 2.90. The van der Waals surface area contributed by atoms with Gasteiger partial charge in [0.25, 0.3) is 11.8 Å². The molecule has 0 aliphatic carbocycles. The Balaban J connectivity index is 1.34. The highest BCUT2D eigenvalue weighted by atomic mass is 19.1. The molecule has 2 heterocycles. The maximum Gasteiger partial charge on any atom is 0.256 e. The Labute approximate surface area is 224 Å². The summed E-state index contributed by atoms with van der Waals surface area (Å²) in [6.07, 6.45) is 5.25. The second-order valence-corrected chi connectivity index (χ2v) is 10.8. The van der Waals surface area contributed by atoms with Gasteiger partial charge in [-0.25, -0.2) is 4.39 Å². The van der Waals surface area contributed by atoms with E-state index in [0.29, 0.717) is 28.7 Å². The number of halogens is 1. The van der Waals surface area contributed by atoms with Crippen molar-refractivity contribution in [3.8, 4) is 0 Å². The largest absolute Gasteiger partial charge is 0.371 e.